The molecule has 1 atom stereocenters. The minimum absolute atomic E-state index is 0.0370. The molecule has 1 fully saturated rings. The zero-order valence-corrected chi connectivity index (χ0v) is 13.8. The lowest BCUT2D eigenvalue weighted by Crippen LogP contribution is -2.38. The second-order valence-corrected chi connectivity index (χ2v) is 6.28. The van der Waals surface area contributed by atoms with Crippen molar-refractivity contribution >= 4 is 23.3 Å². The number of rotatable bonds is 2. The van der Waals surface area contributed by atoms with Crippen molar-refractivity contribution in [3.8, 4) is 0 Å². The molecule has 1 saturated heterocycles. The second-order valence-electron chi connectivity index (χ2n) is 5.88. The van der Waals surface area contributed by atoms with E-state index in [-0.39, 0.29) is 12.1 Å². The Morgan fingerprint density at radius 3 is 2.52 bits per heavy atom. The molecule has 2 aromatic rings. The Balaban J connectivity index is 1.84. The van der Waals surface area contributed by atoms with E-state index in [1.54, 1.807) is 0 Å². The molecule has 2 amide bonds. The largest absolute Gasteiger partial charge is 0.322 e. The van der Waals surface area contributed by atoms with Gasteiger partial charge in [-0.1, -0.05) is 60.8 Å². The summed E-state index contributed by atoms with van der Waals surface area (Å²) in [6, 6.07) is 17.4. The zero-order chi connectivity index (χ0) is 16.1. The molecule has 1 N–H and O–H groups in total. The van der Waals surface area contributed by atoms with E-state index in [1.165, 1.54) is 0 Å². The monoisotopic (exact) mass is 328 g/mol. The van der Waals surface area contributed by atoms with Crippen molar-refractivity contribution in [1.29, 1.82) is 0 Å². The van der Waals surface area contributed by atoms with E-state index in [4.69, 9.17) is 11.6 Å². The van der Waals surface area contributed by atoms with Gasteiger partial charge < -0.3 is 10.2 Å². The maximum Gasteiger partial charge on any atom is 0.322 e. The average molecular weight is 329 g/mol. The Kier molecular flexibility index (Phi) is 5.19. The number of carbonyl (C=O) groups excluding carboxylic acids is 1. The quantitative estimate of drug-likeness (QED) is 0.776. The molecule has 2 aromatic carbocycles. The Morgan fingerprint density at radius 1 is 1.00 bits per heavy atom. The molecule has 0 aliphatic carbocycles. The highest BCUT2D eigenvalue weighted by atomic mass is 35.5. The number of anilines is 1. The van der Waals surface area contributed by atoms with Crippen LogP contribution in [0.5, 0.6) is 0 Å². The Morgan fingerprint density at radius 2 is 1.74 bits per heavy atom. The molecule has 1 unspecified atom stereocenters. The van der Waals surface area contributed by atoms with Crippen molar-refractivity contribution in [1.82, 2.24) is 4.90 Å². The van der Waals surface area contributed by atoms with Crippen molar-refractivity contribution in [2.45, 2.75) is 31.7 Å². The lowest BCUT2D eigenvalue weighted by atomic mass is 10.0. The van der Waals surface area contributed by atoms with Gasteiger partial charge in [-0.2, -0.15) is 0 Å². The van der Waals surface area contributed by atoms with Crippen molar-refractivity contribution in [3.63, 3.8) is 0 Å². The van der Waals surface area contributed by atoms with E-state index in [1.807, 2.05) is 59.5 Å². The number of benzene rings is 2. The number of carbonyl (C=O) groups is 1. The van der Waals surface area contributed by atoms with Crippen molar-refractivity contribution < 1.29 is 4.79 Å². The standard InChI is InChI=1S/C19H21ClN2O/c20-17-12-7-6-11-16(17)18-13-5-2-8-14-22(18)19(23)21-15-9-3-1-4-10-15/h1,3-4,6-7,9-12,18H,2,5,8,13-14H2,(H,21,23). The molecule has 0 saturated carbocycles. The summed E-state index contributed by atoms with van der Waals surface area (Å²) < 4.78 is 0. The molecule has 0 aromatic heterocycles. The molecule has 0 radical (unpaired) electrons. The first-order valence-corrected chi connectivity index (χ1v) is 8.50. The summed E-state index contributed by atoms with van der Waals surface area (Å²) in [4.78, 5) is 14.7. The molecular formula is C19H21ClN2O. The summed E-state index contributed by atoms with van der Waals surface area (Å²) in [5.41, 5.74) is 1.86. The molecular weight excluding hydrogens is 308 g/mol. The lowest BCUT2D eigenvalue weighted by Gasteiger charge is -2.31. The van der Waals surface area contributed by atoms with E-state index in [0.29, 0.717) is 0 Å². The number of hydrogen-bond acceptors (Lipinski definition) is 1. The summed E-state index contributed by atoms with van der Waals surface area (Å²) in [7, 11) is 0. The highest BCUT2D eigenvalue weighted by Crippen LogP contribution is 2.34. The molecule has 0 bridgehead atoms. The first kappa shape index (κ1) is 15.9. The number of likely N-dealkylation sites (tertiary alicyclic amines) is 1. The first-order valence-electron chi connectivity index (χ1n) is 8.13. The van der Waals surface area contributed by atoms with Gasteiger partial charge in [0.05, 0.1) is 6.04 Å². The van der Waals surface area contributed by atoms with E-state index >= 15 is 0 Å². The third kappa shape index (κ3) is 3.85. The molecule has 120 valence electrons. The fourth-order valence-corrected chi connectivity index (χ4v) is 3.40. The third-order valence-electron chi connectivity index (χ3n) is 4.30. The van der Waals surface area contributed by atoms with Crippen LogP contribution in [0.15, 0.2) is 54.6 Å². The topological polar surface area (TPSA) is 32.3 Å². The molecule has 1 heterocycles. The van der Waals surface area contributed by atoms with Gasteiger partial charge in [-0.25, -0.2) is 4.79 Å². The van der Waals surface area contributed by atoms with Crippen LogP contribution < -0.4 is 5.32 Å². The molecule has 3 rings (SSSR count). The van der Waals surface area contributed by atoms with Gasteiger partial charge in [0, 0.05) is 17.3 Å². The number of nitrogens with zero attached hydrogens (tertiary/aromatic N) is 1. The highest BCUT2D eigenvalue weighted by molar-refractivity contribution is 6.31. The van der Waals surface area contributed by atoms with Crippen LogP contribution in [0.4, 0.5) is 10.5 Å². The molecule has 23 heavy (non-hydrogen) atoms. The molecule has 1 aliphatic rings. The van der Waals surface area contributed by atoms with Crippen LogP contribution in [-0.4, -0.2) is 17.5 Å². The zero-order valence-electron chi connectivity index (χ0n) is 13.0. The van der Waals surface area contributed by atoms with Gasteiger partial charge in [-0.05, 0) is 36.6 Å². The summed E-state index contributed by atoms with van der Waals surface area (Å²) in [5.74, 6) is 0. The minimum Gasteiger partial charge on any atom is -0.317 e. The summed E-state index contributed by atoms with van der Waals surface area (Å²) in [6.45, 7) is 0.758. The molecule has 4 heteroatoms. The van der Waals surface area contributed by atoms with E-state index in [0.717, 1.165) is 48.5 Å². The highest BCUT2D eigenvalue weighted by Gasteiger charge is 2.28. The van der Waals surface area contributed by atoms with Gasteiger partial charge in [0.25, 0.3) is 0 Å². The number of nitrogens with one attached hydrogen (secondary N) is 1. The predicted octanol–water partition coefficient (Wildman–Crippen LogP) is 5.49. The lowest BCUT2D eigenvalue weighted by molar-refractivity contribution is 0.189. The Hall–Kier alpha value is -2.00. The van der Waals surface area contributed by atoms with Gasteiger partial charge in [-0.15, -0.1) is 0 Å². The smallest absolute Gasteiger partial charge is 0.317 e. The maximum atomic E-state index is 12.8. The van der Waals surface area contributed by atoms with Crippen LogP contribution in [0, 0.1) is 0 Å². The van der Waals surface area contributed by atoms with Gasteiger partial charge in [-0.3, -0.25) is 0 Å². The molecule has 1 aliphatic heterocycles. The van der Waals surface area contributed by atoms with E-state index < -0.39 is 0 Å². The van der Waals surface area contributed by atoms with Gasteiger partial charge in [0.1, 0.15) is 0 Å². The number of hydrogen-bond donors (Lipinski definition) is 1. The van der Waals surface area contributed by atoms with Crippen molar-refractivity contribution in [2.75, 3.05) is 11.9 Å². The molecule has 3 nitrogen and oxygen atoms in total. The number of para-hydroxylation sites is 1. The summed E-state index contributed by atoms with van der Waals surface area (Å²) in [5, 5.41) is 3.74. The van der Waals surface area contributed by atoms with Crippen LogP contribution in [0.3, 0.4) is 0 Å². The first-order chi connectivity index (χ1) is 11.3. The fraction of sp³-hybridized carbons (Fsp3) is 0.316. The molecule has 0 spiro atoms. The van der Waals surface area contributed by atoms with Crippen molar-refractivity contribution in [2.24, 2.45) is 0 Å². The van der Waals surface area contributed by atoms with Crippen LogP contribution in [0.2, 0.25) is 5.02 Å². The van der Waals surface area contributed by atoms with Crippen molar-refractivity contribution in [3.05, 3.63) is 65.2 Å². The van der Waals surface area contributed by atoms with Crippen LogP contribution in [0.25, 0.3) is 0 Å². The van der Waals surface area contributed by atoms with Gasteiger partial charge >= 0.3 is 6.03 Å². The summed E-state index contributed by atoms with van der Waals surface area (Å²) in [6.07, 6.45) is 4.25. The Labute approximate surface area is 142 Å². The maximum absolute atomic E-state index is 12.8. The van der Waals surface area contributed by atoms with E-state index in [9.17, 15) is 4.79 Å². The van der Waals surface area contributed by atoms with Crippen LogP contribution >= 0.6 is 11.6 Å². The van der Waals surface area contributed by atoms with Crippen LogP contribution in [-0.2, 0) is 0 Å². The Bertz CT molecular complexity index is 659. The minimum atomic E-state index is -0.0528. The van der Waals surface area contributed by atoms with E-state index in [2.05, 4.69) is 5.32 Å². The SMILES string of the molecule is O=C(Nc1ccccc1)N1CCCCCC1c1ccccc1Cl. The average Bonchev–Trinajstić information content (AvgIpc) is 2.82. The second kappa shape index (κ2) is 7.51. The number of urea groups is 1. The van der Waals surface area contributed by atoms with Crippen LogP contribution in [0.1, 0.15) is 37.3 Å². The van der Waals surface area contributed by atoms with Gasteiger partial charge in [0.15, 0.2) is 0 Å². The fourth-order valence-electron chi connectivity index (χ4n) is 3.14. The normalized spacial score (nSPS) is 18.3. The van der Waals surface area contributed by atoms with Gasteiger partial charge in [0.2, 0.25) is 0 Å². The summed E-state index contributed by atoms with van der Waals surface area (Å²) >= 11 is 6.38. The number of halogens is 1. The number of amides is 2. The third-order valence-corrected chi connectivity index (χ3v) is 4.65. The predicted molar refractivity (Wildman–Crippen MR) is 94.8 cm³/mol.